The molecule has 1 N–H and O–H groups in total. The van der Waals surface area contributed by atoms with Gasteiger partial charge in [0.05, 0.1) is 17.6 Å². The Kier molecular flexibility index (Phi) is 4.58. The third kappa shape index (κ3) is 3.53. The van der Waals surface area contributed by atoms with Crippen molar-refractivity contribution in [2.75, 3.05) is 25.1 Å². The van der Waals surface area contributed by atoms with E-state index in [2.05, 4.69) is 10.3 Å². The Hall–Kier alpha value is -3.22. The van der Waals surface area contributed by atoms with E-state index in [4.69, 9.17) is 14.2 Å². The van der Waals surface area contributed by atoms with Crippen LogP contribution in [0.2, 0.25) is 0 Å². The molecule has 0 spiro atoms. The zero-order valence-corrected chi connectivity index (χ0v) is 15.3. The number of ether oxygens (including phenoxy) is 3. The first-order chi connectivity index (χ1) is 13.1. The Balaban J connectivity index is 1.53. The maximum Gasteiger partial charge on any atom is 0.244 e. The van der Waals surface area contributed by atoms with Crippen molar-refractivity contribution in [2.45, 2.75) is 20.4 Å². The highest BCUT2D eigenvalue weighted by Gasteiger charge is 2.18. The monoisotopic (exact) mass is 367 g/mol. The molecule has 2 heterocycles. The minimum absolute atomic E-state index is 0.128. The van der Waals surface area contributed by atoms with Gasteiger partial charge in [-0.25, -0.2) is 4.98 Å². The van der Waals surface area contributed by atoms with Gasteiger partial charge in [0.15, 0.2) is 11.5 Å². The number of nitrogens with zero attached hydrogens (tertiary/aromatic N) is 2. The van der Waals surface area contributed by atoms with Crippen LogP contribution in [0.25, 0.3) is 11.0 Å². The van der Waals surface area contributed by atoms with E-state index in [0.29, 0.717) is 31.3 Å². The molecule has 27 heavy (non-hydrogen) atoms. The predicted molar refractivity (Wildman–Crippen MR) is 102 cm³/mol. The highest BCUT2D eigenvalue weighted by molar-refractivity contribution is 5.92. The van der Waals surface area contributed by atoms with Crippen LogP contribution in [0.4, 0.5) is 5.69 Å². The van der Waals surface area contributed by atoms with Crippen molar-refractivity contribution in [1.29, 1.82) is 0 Å². The van der Waals surface area contributed by atoms with E-state index in [-0.39, 0.29) is 12.5 Å². The summed E-state index contributed by atoms with van der Waals surface area (Å²) >= 11 is 0. The largest absolute Gasteiger partial charge is 0.494 e. The Labute approximate surface area is 156 Å². The van der Waals surface area contributed by atoms with Crippen LogP contribution in [0, 0.1) is 6.92 Å². The fourth-order valence-corrected chi connectivity index (χ4v) is 3.13. The molecule has 1 aliphatic heterocycles. The first-order valence-corrected chi connectivity index (χ1v) is 8.93. The molecule has 0 aliphatic carbocycles. The molecule has 0 bridgehead atoms. The summed E-state index contributed by atoms with van der Waals surface area (Å²) < 4.78 is 18.5. The van der Waals surface area contributed by atoms with Gasteiger partial charge in [0.1, 0.15) is 31.3 Å². The molecule has 1 aliphatic rings. The number of aryl methyl sites for hydroxylation is 1. The molecule has 0 saturated carbocycles. The predicted octanol–water partition coefficient (Wildman–Crippen LogP) is 3.15. The summed E-state index contributed by atoms with van der Waals surface area (Å²) in [4.78, 5) is 17.1. The zero-order valence-electron chi connectivity index (χ0n) is 15.3. The molecular formula is C20H21N3O4. The lowest BCUT2D eigenvalue weighted by molar-refractivity contribution is -0.116. The SMILES string of the molecule is CCOc1ccc(NC(=O)Cn2c(C)nc3cc4c(cc32)OCCO4)cc1. The molecule has 0 fully saturated rings. The van der Waals surface area contributed by atoms with Gasteiger partial charge in [-0.3, -0.25) is 4.79 Å². The Morgan fingerprint density at radius 3 is 2.59 bits per heavy atom. The number of amides is 1. The van der Waals surface area contributed by atoms with E-state index >= 15 is 0 Å². The molecule has 7 nitrogen and oxygen atoms in total. The normalized spacial score (nSPS) is 12.8. The van der Waals surface area contributed by atoms with Crippen LogP contribution in [0.5, 0.6) is 17.2 Å². The maximum atomic E-state index is 12.5. The van der Waals surface area contributed by atoms with E-state index in [1.807, 2.05) is 54.8 Å². The van der Waals surface area contributed by atoms with Crippen LogP contribution in [0.3, 0.4) is 0 Å². The summed E-state index contributed by atoms with van der Waals surface area (Å²) in [6, 6.07) is 11.1. The fourth-order valence-electron chi connectivity index (χ4n) is 3.13. The molecule has 140 valence electrons. The molecule has 3 aromatic rings. The van der Waals surface area contributed by atoms with Crippen LogP contribution >= 0.6 is 0 Å². The summed E-state index contributed by atoms with van der Waals surface area (Å²) in [7, 11) is 0. The molecule has 1 aromatic heterocycles. The topological polar surface area (TPSA) is 74.6 Å². The van der Waals surface area contributed by atoms with E-state index in [0.717, 1.165) is 28.3 Å². The van der Waals surface area contributed by atoms with Crippen molar-refractivity contribution < 1.29 is 19.0 Å². The molecular weight excluding hydrogens is 346 g/mol. The van der Waals surface area contributed by atoms with Gasteiger partial charge in [0, 0.05) is 17.8 Å². The Bertz CT molecular complexity index is 979. The van der Waals surface area contributed by atoms with Gasteiger partial charge in [0.2, 0.25) is 5.91 Å². The number of fused-ring (bicyclic) bond motifs is 2. The molecule has 2 aromatic carbocycles. The summed E-state index contributed by atoms with van der Waals surface area (Å²) in [6.45, 7) is 5.63. The number of nitrogens with one attached hydrogen (secondary N) is 1. The second kappa shape index (κ2) is 7.19. The number of benzene rings is 2. The fraction of sp³-hybridized carbons (Fsp3) is 0.300. The van der Waals surface area contributed by atoms with Crippen molar-refractivity contribution in [3.8, 4) is 17.2 Å². The van der Waals surface area contributed by atoms with Crippen LogP contribution in [-0.4, -0.2) is 35.3 Å². The van der Waals surface area contributed by atoms with Gasteiger partial charge >= 0.3 is 0 Å². The van der Waals surface area contributed by atoms with Crippen molar-refractivity contribution in [2.24, 2.45) is 0 Å². The van der Waals surface area contributed by atoms with Gasteiger partial charge in [-0.2, -0.15) is 0 Å². The molecule has 7 heteroatoms. The highest BCUT2D eigenvalue weighted by atomic mass is 16.6. The highest BCUT2D eigenvalue weighted by Crippen LogP contribution is 2.34. The molecule has 4 rings (SSSR count). The Morgan fingerprint density at radius 1 is 1.19 bits per heavy atom. The van der Waals surface area contributed by atoms with Crippen molar-refractivity contribution in [1.82, 2.24) is 9.55 Å². The average molecular weight is 367 g/mol. The third-order valence-corrected chi connectivity index (χ3v) is 4.35. The summed E-state index contributed by atoms with van der Waals surface area (Å²) in [5.41, 5.74) is 2.35. The van der Waals surface area contributed by atoms with Gasteiger partial charge in [0.25, 0.3) is 0 Å². The second-order valence-corrected chi connectivity index (χ2v) is 6.24. The summed E-state index contributed by atoms with van der Waals surface area (Å²) in [5.74, 6) is 2.78. The number of hydrogen-bond acceptors (Lipinski definition) is 5. The van der Waals surface area contributed by atoms with Crippen molar-refractivity contribution in [3.63, 3.8) is 0 Å². The van der Waals surface area contributed by atoms with Crippen LogP contribution in [0.15, 0.2) is 36.4 Å². The van der Waals surface area contributed by atoms with Crippen molar-refractivity contribution >= 4 is 22.6 Å². The third-order valence-electron chi connectivity index (χ3n) is 4.35. The quantitative estimate of drug-likeness (QED) is 0.750. The van der Waals surface area contributed by atoms with Gasteiger partial charge in [-0.15, -0.1) is 0 Å². The summed E-state index contributed by atoms with van der Waals surface area (Å²) in [6.07, 6.45) is 0. The van der Waals surface area contributed by atoms with Gasteiger partial charge < -0.3 is 24.1 Å². The lowest BCUT2D eigenvalue weighted by atomic mass is 10.2. The van der Waals surface area contributed by atoms with Crippen LogP contribution < -0.4 is 19.5 Å². The molecule has 1 amide bonds. The number of carbonyl (C=O) groups excluding carboxylic acids is 1. The lowest BCUT2D eigenvalue weighted by Gasteiger charge is -2.18. The molecule has 0 unspecified atom stereocenters. The van der Waals surface area contributed by atoms with Crippen LogP contribution in [0.1, 0.15) is 12.7 Å². The number of hydrogen-bond donors (Lipinski definition) is 1. The number of imidazole rings is 1. The lowest BCUT2D eigenvalue weighted by Crippen LogP contribution is -2.19. The number of rotatable bonds is 5. The Morgan fingerprint density at radius 2 is 1.89 bits per heavy atom. The van der Waals surface area contributed by atoms with Crippen LogP contribution in [-0.2, 0) is 11.3 Å². The number of aromatic nitrogens is 2. The van der Waals surface area contributed by atoms with E-state index < -0.39 is 0 Å². The second-order valence-electron chi connectivity index (χ2n) is 6.24. The molecule has 0 atom stereocenters. The number of anilines is 1. The number of carbonyl (C=O) groups is 1. The average Bonchev–Trinajstić information content (AvgIpc) is 2.96. The zero-order chi connectivity index (χ0) is 18.8. The van der Waals surface area contributed by atoms with Gasteiger partial charge in [-0.1, -0.05) is 0 Å². The standard InChI is InChI=1S/C20H21N3O4/c1-3-25-15-6-4-14(5-7-15)22-20(24)12-23-13(2)21-16-10-18-19(11-17(16)23)27-9-8-26-18/h4-7,10-11H,3,8-9,12H2,1-2H3,(H,22,24). The van der Waals surface area contributed by atoms with E-state index in [1.54, 1.807) is 0 Å². The first kappa shape index (κ1) is 17.2. The molecule has 0 saturated heterocycles. The minimum atomic E-state index is -0.128. The first-order valence-electron chi connectivity index (χ1n) is 8.93. The van der Waals surface area contributed by atoms with Crippen molar-refractivity contribution in [3.05, 3.63) is 42.2 Å². The summed E-state index contributed by atoms with van der Waals surface area (Å²) in [5, 5.41) is 2.90. The minimum Gasteiger partial charge on any atom is -0.494 e. The van der Waals surface area contributed by atoms with Gasteiger partial charge in [-0.05, 0) is 38.1 Å². The molecule has 0 radical (unpaired) electrons. The maximum absolute atomic E-state index is 12.5. The smallest absolute Gasteiger partial charge is 0.244 e. The van der Waals surface area contributed by atoms with E-state index in [1.165, 1.54) is 0 Å². The van der Waals surface area contributed by atoms with E-state index in [9.17, 15) is 4.79 Å².